The summed E-state index contributed by atoms with van der Waals surface area (Å²) in [4.78, 5) is 33.7. The van der Waals surface area contributed by atoms with Crippen LogP contribution in [0.1, 0.15) is 12.6 Å². The Morgan fingerprint density at radius 3 is 2.30 bits per heavy atom. The Labute approximate surface area is 188 Å². The lowest BCUT2D eigenvalue weighted by molar-refractivity contribution is -0.389. The monoisotopic (exact) mass is 455 g/mol. The summed E-state index contributed by atoms with van der Waals surface area (Å²) in [5, 5.41) is 28.7. The lowest BCUT2D eigenvalue weighted by atomic mass is 10.1. The Morgan fingerprint density at radius 1 is 1.06 bits per heavy atom. The number of amides is 1. The van der Waals surface area contributed by atoms with E-state index < -0.39 is 21.7 Å². The molecule has 12 nitrogen and oxygen atoms in total. The summed E-state index contributed by atoms with van der Waals surface area (Å²) >= 11 is 0. The van der Waals surface area contributed by atoms with E-state index in [1.807, 2.05) is 0 Å². The van der Waals surface area contributed by atoms with E-state index in [9.17, 15) is 25.0 Å². The third-order valence-corrected chi connectivity index (χ3v) is 4.71. The zero-order valence-electron chi connectivity index (χ0n) is 18.0. The molecule has 12 heteroatoms. The SMILES string of the molecule is COc1ccc(Oc2cc(NC(=O)C(C)Cn3nc([N+](=O)[O-])cc3C)cc([N+](=O)[O-])c2)cc1. The molecule has 1 amide bonds. The van der Waals surface area contributed by atoms with Crippen LogP contribution in [0.2, 0.25) is 0 Å². The zero-order chi connectivity index (χ0) is 24.1. The molecule has 2 aromatic carbocycles. The molecule has 0 aliphatic heterocycles. The molecule has 0 spiro atoms. The van der Waals surface area contributed by atoms with Crippen molar-refractivity contribution in [2.75, 3.05) is 12.4 Å². The average molecular weight is 455 g/mol. The van der Waals surface area contributed by atoms with Crippen LogP contribution < -0.4 is 14.8 Å². The first-order valence-electron chi connectivity index (χ1n) is 9.77. The van der Waals surface area contributed by atoms with Gasteiger partial charge in [-0.15, -0.1) is 0 Å². The Balaban J connectivity index is 1.76. The number of anilines is 1. The molecular weight excluding hydrogens is 434 g/mol. The first kappa shape index (κ1) is 23.2. The van der Waals surface area contributed by atoms with Crippen LogP contribution in [0, 0.1) is 33.1 Å². The number of methoxy groups -OCH3 is 1. The van der Waals surface area contributed by atoms with Crippen LogP contribution in [0.25, 0.3) is 0 Å². The normalized spacial score (nSPS) is 11.5. The highest BCUT2D eigenvalue weighted by molar-refractivity contribution is 5.92. The summed E-state index contributed by atoms with van der Waals surface area (Å²) < 4.78 is 12.2. The third kappa shape index (κ3) is 5.81. The molecule has 1 heterocycles. The van der Waals surface area contributed by atoms with Crippen molar-refractivity contribution in [1.82, 2.24) is 9.78 Å². The molecule has 33 heavy (non-hydrogen) atoms. The van der Waals surface area contributed by atoms with Crippen LogP contribution in [-0.4, -0.2) is 32.6 Å². The first-order chi connectivity index (χ1) is 15.7. The number of benzene rings is 2. The Bertz CT molecular complexity index is 1190. The van der Waals surface area contributed by atoms with Gasteiger partial charge in [-0.05, 0) is 36.1 Å². The maximum atomic E-state index is 12.7. The molecule has 1 atom stereocenters. The van der Waals surface area contributed by atoms with Crippen molar-refractivity contribution in [2.45, 2.75) is 20.4 Å². The fraction of sp³-hybridized carbons (Fsp3) is 0.238. The molecule has 0 saturated heterocycles. The molecule has 3 aromatic rings. The number of aryl methyl sites for hydroxylation is 1. The molecule has 0 bridgehead atoms. The van der Waals surface area contributed by atoms with Gasteiger partial charge in [-0.1, -0.05) is 6.92 Å². The van der Waals surface area contributed by atoms with Crippen molar-refractivity contribution in [2.24, 2.45) is 5.92 Å². The van der Waals surface area contributed by atoms with Crippen molar-refractivity contribution < 1.29 is 24.1 Å². The summed E-state index contributed by atoms with van der Waals surface area (Å²) in [6, 6.07) is 11.9. The molecule has 0 saturated carbocycles. The number of nitrogens with one attached hydrogen (secondary N) is 1. The minimum atomic E-state index is -0.631. The molecule has 0 fully saturated rings. The lowest BCUT2D eigenvalue weighted by Gasteiger charge is -2.13. The highest BCUT2D eigenvalue weighted by Crippen LogP contribution is 2.31. The second kappa shape index (κ2) is 9.77. The number of hydrogen-bond donors (Lipinski definition) is 1. The van der Waals surface area contributed by atoms with Crippen molar-refractivity contribution in [3.8, 4) is 17.2 Å². The van der Waals surface area contributed by atoms with E-state index in [4.69, 9.17) is 9.47 Å². The minimum Gasteiger partial charge on any atom is -0.497 e. The zero-order valence-corrected chi connectivity index (χ0v) is 18.0. The van der Waals surface area contributed by atoms with Gasteiger partial charge in [-0.3, -0.25) is 14.9 Å². The molecular formula is C21H21N5O7. The van der Waals surface area contributed by atoms with Crippen LogP contribution in [0.5, 0.6) is 17.2 Å². The van der Waals surface area contributed by atoms with Crippen molar-refractivity contribution in [1.29, 1.82) is 0 Å². The largest absolute Gasteiger partial charge is 0.497 e. The van der Waals surface area contributed by atoms with Gasteiger partial charge in [0.2, 0.25) is 5.91 Å². The smallest absolute Gasteiger partial charge is 0.390 e. The number of carbonyl (C=O) groups is 1. The van der Waals surface area contributed by atoms with Crippen molar-refractivity contribution >= 4 is 23.1 Å². The summed E-state index contributed by atoms with van der Waals surface area (Å²) in [5.74, 6) is -0.161. The standard InChI is InChI=1S/C21H21N5O7/c1-13(12-24-14(2)8-20(23-24)26(30)31)21(27)22-15-9-16(25(28)29)11-19(10-15)33-18-6-4-17(32-3)5-7-18/h4-11,13H,12H2,1-3H3,(H,22,27). The maximum absolute atomic E-state index is 12.7. The van der Waals surface area contributed by atoms with E-state index in [0.717, 1.165) is 0 Å². The molecule has 1 aromatic heterocycles. The Kier molecular flexibility index (Phi) is 6.86. The minimum absolute atomic E-state index is 0.0929. The molecule has 0 radical (unpaired) electrons. The van der Waals surface area contributed by atoms with Gasteiger partial charge in [0.05, 0.1) is 53.1 Å². The number of nitro groups is 2. The summed E-state index contributed by atoms with van der Waals surface area (Å²) in [5.41, 5.74) is 0.446. The topological polar surface area (TPSA) is 152 Å². The second-order valence-electron chi connectivity index (χ2n) is 7.22. The number of ether oxygens (including phenoxy) is 2. The van der Waals surface area contributed by atoms with Gasteiger partial charge in [0.15, 0.2) is 0 Å². The lowest BCUT2D eigenvalue weighted by Crippen LogP contribution is -2.25. The first-order valence-corrected chi connectivity index (χ1v) is 9.77. The molecule has 1 unspecified atom stereocenters. The maximum Gasteiger partial charge on any atom is 0.390 e. The molecule has 172 valence electrons. The number of non-ortho nitro benzene ring substituents is 1. The average Bonchev–Trinajstić information content (AvgIpc) is 3.14. The van der Waals surface area contributed by atoms with Crippen LogP contribution in [0.4, 0.5) is 17.2 Å². The summed E-state index contributed by atoms with van der Waals surface area (Å²) in [7, 11) is 1.53. The predicted molar refractivity (Wildman–Crippen MR) is 118 cm³/mol. The number of aromatic nitrogens is 2. The summed E-state index contributed by atoms with van der Waals surface area (Å²) in [6.07, 6.45) is 0. The van der Waals surface area contributed by atoms with E-state index in [1.165, 1.54) is 36.1 Å². The molecule has 0 aliphatic rings. The highest BCUT2D eigenvalue weighted by atomic mass is 16.6. The van der Waals surface area contributed by atoms with Gasteiger partial charge in [0.25, 0.3) is 5.69 Å². The molecule has 0 aliphatic carbocycles. The second-order valence-corrected chi connectivity index (χ2v) is 7.22. The van der Waals surface area contributed by atoms with Crippen LogP contribution in [-0.2, 0) is 11.3 Å². The van der Waals surface area contributed by atoms with Crippen molar-refractivity contribution in [3.63, 3.8) is 0 Å². The van der Waals surface area contributed by atoms with E-state index >= 15 is 0 Å². The van der Waals surface area contributed by atoms with Gasteiger partial charge in [-0.25, -0.2) is 0 Å². The van der Waals surface area contributed by atoms with Crippen LogP contribution in [0.15, 0.2) is 48.5 Å². The van der Waals surface area contributed by atoms with Crippen LogP contribution >= 0.6 is 0 Å². The fourth-order valence-corrected chi connectivity index (χ4v) is 2.97. The van der Waals surface area contributed by atoms with Crippen LogP contribution in [0.3, 0.4) is 0 Å². The van der Waals surface area contributed by atoms with Crippen molar-refractivity contribution in [3.05, 3.63) is 74.5 Å². The fourth-order valence-electron chi connectivity index (χ4n) is 2.97. The quantitative estimate of drug-likeness (QED) is 0.374. The molecule has 3 rings (SSSR count). The molecule has 1 N–H and O–H groups in total. The predicted octanol–water partition coefficient (Wildman–Crippen LogP) is 4.08. The van der Waals surface area contributed by atoms with Gasteiger partial charge < -0.3 is 24.9 Å². The Hall–Kier alpha value is -4.48. The number of carbonyl (C=O) groups excluding carboxylic acids is 1. The highest BCUT2D eigenvalue weighted by Gasteiger charge is 2.22. The number of nitro benzene ring substituents is 1. The number of hydrogen-bond acceptors (Lipinski definition) is 8. The van der Waals surface area contributed by atoms with Gasteiger partial charge in [0, 0.05) is 12.1 Å². The third-order valence-electron chi connectivity index (χ3n) is 4.71. The summed E-state index contributed by atoms with van der Waals surface area (Å²) in [6.45, 7) is 3.36. The van der Waals surface area contributed by atoms with E-state index in [1.54, 1.807) is 38.1 Å². The Morgan fingerprint density at radius 2 is 1.73 bits per heavy atom. The van der Waals surface area contributed by atoms with Gasteiger partial charge in [0.1, 0.15) is 17.2 Å². The van der Waals surface area contributed by atoms with E-state index in [-0.39, 0.29) is 29.5 Å². The van der Waals surface area contributed by atoms with Gasteiger partial charge in [-0.2, -0.15) is 4.68 Å². The van der Waals surface area contributed by atoms with Gasteiger partial charge >= 0.3 is 5.82 Å². The number of nitrogens with zero attached hydrogens (tertiary/aromatic N) is 4. The number of rotatable bonds is 9. The van der Waals surface area contributed by atoms with E-state index in [0.29, 0.717) is 17.2 Å². The van der Waals surface area contributed by atoms with E-state index in [2.05, 4.69) is 10.4 Å².